The molecular formula is C14H22N2S. The van der Waals surface area contributed by atoms with Crippen LogP contribution < -0.4 is 5.73 Å². The van der Waals surface area contributed by atoms with Gasteiger partial charge in [-0.15, -0.1) is 0 Å². The summed E-state index contributed by atoms with van der Waals surface area (Å²) in [6.07, 6.45) is 6.20. The smallest absolute Gasteiger partial charge is 0.0363 e. The fraction of sp³-hybridized carbons (Fsp3) is 0.571. The van der Waals surface area contributed by atoms with E-state index in [1.54, 1.807) is 0 Å². The Balaban J connectivity index is 1.75. The number of nitrogen functional groups attached to an aromatic ring is 1. The van der Waals surface area contributed by atoms with Crippen LogP contribution in [-0.4, -0.2) is 23.5 Å². The van der Waals surface area contributed by atoms with Gasteiger partial charge in [-0.3, -0.25) is 4.90 Å². The SMILES string of the molecule is CSCCCCCN1Cc2cccc(N)c2C1. The lowest BCUT2D eigenvalue weighted by atomic mass is 10.1. The van der Waals surface area contributed by atoms with Gasteiger partial charge in [0.2, 0.25) is 0 Å². The first-order valence-corrected chi connectivity index (χ1v) is 7.78. The highest BCUT2D eigenvalue weighted by Crippen LogP contribution is 2.27. The highest BCUT2D eigenvalue weighted by Gasteiger charge is 2.19. The summed E-state index contributed by atoms with van der Waals surface area (Å²) < 4.78 is 0. The van der Waals surface area contributed by atoms with Crippen LogP contribution in [0.5, 0.6) is 0 Å². The Labute approximate surface area is 109 Å². The maximum absolute atomic E-state index is 6.00. The molecule has 0 aromatic heterocycles. The molecule has 0 aliphatic carbocycles. The van der Waals surface area contributed by atoms with E-state index < -0.39 is 0 Å². The van der Waals surface area contributed by atoms with Crippen molar-refractivity contribution in [1.29, 1.82) is 0 Å². The third-order valence-electron chi connectivity index (χ3n) is 3.41. The first-order valence-electron chi connectivity index (χ1n) is 6.39. The fourth-order valence-electron chi connectivity index (χ4n) is 2.43. The average molecular weight is 250 g/mol. The van der Waals surface area contributed by atoms with Gasteiger partial charge in [0.05, 0.1) is 0 Å². The topological polar surface area (TPSA) is 29.3 Å². The van der Waals surface area contributed by atoms with Crippen LogP contribution in [0.3, 0.4) is 0 Å². The van der Waals surface area contributed by atoms with E-state index >= 15 is 0 Å². The third-order valence-corrected chi connectivity index (χ3v) is 4.10. The highest BCUT2D eigenvalue weighted by atomic mass is 32.2. The van der Waals surface area contributed by atoms with Crippen LogP contribution in [0.4, 0.5) is 5.69 Å². The summed E-state index contributed by atoms with van der Waals surface area (Å²) in [7, 11) is 0. The molecule has 0 saturated heterocycles. The molecule has 0 atom stereocenters. The summed E-state index contributed by atoms with van der Waals surface area (Å²) in [5.74, 6) is 1.30. The molecule has 2 rings (SSSR count). The van der Waals surface area contributed by atoms with Crippen LogP contribution in [0.25, 0.3) is 0 Å². The number of anilines is 1. The molecule has 0 fully saturated rings. The van der Waals surface area contributed by atoms with E-state index in [9.17, 15) is 0 Å². The number of fused-ring (bicyclic) bond motifs is 1. The Hall–Kier alpha value is -0.670. The predicted octanol–water partition coefficient (Wildman–Crippen LogP) is 3.12. The molecule has 17 heavy (non-hydrogen) atoms. The van der Waals surface area contributed by atoms with Gasteiger partial charge in [-0.05, 0) is 48.6 Å². The number of hydrogen-bond donors (Lipinski definition) is 1. The lowest BCUT2D eigenvalue weighted by molar-refractivity contribution is 0.278. The maximum atomic E-state index is 6.00. The Morgan fingerprint density at radius 2 is 2.12 bits per heavy atom. The Morgan fingerprint density at radius 1 is 1.24 bits per heavy atom. The molecule has 94 valence electrons. The second-order valence-corrected chi connectivity index (χ2v) is 5.73. The maximum Gasteiger partial charge on any atom is 0.0363 e. The Morgan fingerprint density at radius 3 is 2.88 bits per heavy atom. The van der Waals surface area contributed by atoms with Gasteiger partial charge in [0, 0.05) is 18.8 Å². The summed E-state index contributed by atoms with van der Waals surface area (Å²) in [5.41, 5.74) is 9.75. The molecule has 1 heterocycles. The molecule has 3 heteroatoms. The van der Waals surface area contributed by atoms with E-state index in [0.29, 0.717) is 0 Å². The molecule has 0 unspecified atom stereocenters. The molecule has 2 nitrogen and oxygen atoms in total. The zero-order valence-electron chi connectivity index (χ0n) is 10.6. The van der Waals surface area contributed by atoms with Gasteiger partial charge in [0.25, 0.3) is 0 Å². The number of unbranched alkanes of at least 4 members (excludes halogenated alkanes) is 2. The van der Waals surface area contributed by atoms with Crippen LogP contribution in [0, 0.1) is 0 Å². The zero-order chi connectivity index (χ0) is 12.1. The van der Waals surface area contributed by atoms with Crippen molar-refractivity contribution in [2.24, 2.45) is 0 Å². The number of benzene rings is 1. The molecule has 1 aromatic rings. The number of nitrogens with zero attached hydrogens (tertiary/aromatic N) is 1. The third kappa shape index (κ3) is 3.39. The number of thioether (sulfide) groups is 1. The molecule has 0 spiro atoms. The molecular weight excluding hydrogens is 228 g/mol. The fourth-order valence-corrected chi connectivity index (χ4v) is 2.93. The van der Waals surface area contributed by atoms with Gasteiger partial charge in [-0.25, -0.2) is 0 Å². The van der Waals surface area contributed by atoms with Crippen molar-refractivity contribution in [3.63, 3.8) is 0 Å². The molecule has 0 bridgehead atoms. The van der Waals surface area contributed by atoms with E-state index in [1.807, 2.05) is 17.8 Å². The number of hydrogen-bond acceptors (Lipinski definition) is 3. The Kier molecular flexibility index (Phi) is 4.75. The van der Waals surface area contributed by atoms with Crippen molar-refractivity contribution < 1.29 is 0 Å². The summed E-state index contributed by atoms with van der Waals surface area (Å²) >= 11 is 1.95. The van der Waals surface area contributed by atoms with E-state index in [2.05, 4.69) is 23.3 Å². The number of rotatable bonds is 6. The van der Waals surface area contributed by atoms with Gasteiger partial charge >= 0.3 is 0 Å². The molecule has 1 aliphatic rings. The zero-order valence-corrected chi connectivity index (χ0v) is 11.4. The van der Waals surface area contributed by atoms with Gasteiger partial charge in [0.15, 0.2) is 0 Å². The van der Waals surface area contributed by atoms with Crippen LogP contribution in [0.1, 0.15) is 30.4 Å². The normalized spacial score (nSPS) is 15.1. The highest BCUT2D eigenvalue weighted by molar-refractivity contribution is 7.98. The predicted molar refractivity (Wildman–Crippen MR) is 77.2 cm³/mol. The minimum absolute atomic E-state index is 0.965. The molecule has 1 aliphatic heterocycles. The number of nitrogens with two attached hydrogens (primary N) is 1. The van der Waals surface area contributed by atoms with Crippen LogP contribution in [0.15, 0.2) is 18.2 Å². The molecule has 1 aromatic carbocycles. The monoisotopic (exact) mass is 250 g/mol. The summed E-state index contributed by atoms with van der Waals surface area (Å²) in [5, 5.41) is 0. The van der Waals surface area contributed by atoms with Gasteiger partial charge < -0.3 is 5.73 Å². The molecule has 0 saturated carbocycles. The molecule has 2 N–H and O–H groups in total. The first-order chi connectivity index (χ1) is 8.31. The summed E-state index contributed by atoms with van der Waals surface area (Å²) in [6.45, 7) is 3.34. The van der Waals surface area contributed by atoms with Gasteiger partial charge in [-0.1, -0.05) is 18.6 Å². The van der Waals surface area contributed by atoms with Crippen molar-refractivity contribution >= 4 is 17.4 Å². The van der Waals surface area contributed by atoms with Crippen molar-refractivity contribution in [1.82, 2.24) is 4.90 Å². The quantitative estimate of drug-likeness (QED) is 0.621. The largest absolute Gasteiger partial charge is 0.398 e. The summed E-state index contributed by atoms with van der Waals surface area (Å²) in [6, 6.07) is 6.29. The van der Waals surface area contributed by atoms with E-state index in [1.165, 1.54) is 42.7 Å². The van der Waals surface area contributed by atoms with Crippen molar-refractivity contribution in [2.45, 2.75) is 32.4 Å². The molecule has 0 amide bonds. The second kappa shape index (κ2) is 6.31. The van der Waals surface area contributed by atoms with Crippen molar-refractivity contribution in [2.75, 3.05) is 24.3 Å². The standard InChI is InChI=1S/C14H22N2S/c1-17-9-4-2-3-8-16-10-12-6-5-7-14(15)13(12)11-16/h5-7H,2-4,8-11,15H2,1H3. The van der Waals surface area contributed by atoms with Crippen molar-refractivity contribution in [3.8, 4) is 0 Å². The average Bonchev–Trinajstić information content (AvgIpc) is 2.73. The van der Waals surface area contributed by atoms with Crippen LogP contribution >= 0.6 is 11.8 Å². The lowest BCUT2D eigenvalue weighted by Gasteiger charge is -2.14. The van der Waals surface area contributed by atoms with Crippen molar-refractivity contribution in [3.05, 3.63) is 29.3 Å². The second-order valence-electron chi connectivity index (χ2n) is 4.75. The van der Waals surface area contributed by atoms with Gasteiger partial charge in [-0.2, -0.15) is 11.8 Å². The minimum Gasteiger partial charge on any atom is -0.398 e. The summed E-state index contributed by atoms with van der Waals surface area (Å²) in [4.78, 5) is 2.51. The van der Waals surface area contributed by atoms with E-state index in [-0.39, 0.29) is 0 Å². The van der Waals surface area contributed by atoms with Crippen LogP contribution in [0.2, 0.25) is 0 Å². The van der Waals surface area contributed by atoms with Gasteiger partial charge in [0.1, 0.15) is 0 Å². The van der Waals surface area contributed by atoms with E-state index in [0.717, 1.165) is 18.8 Å². The van der Waals surface area contributed by atoms with E-state index in [4.69, 9.17) is 5.73 Å². The molecule has 0 radical (unpaired) electrons. The minimum atomic E-state index is 0.965. The first kappa shape index (κ1) is 12.8. The Bertz CT molecular complexity index is 365. The van der Waals surface area contributed by atoms with Crippen LogP contribution in [-0.2, 0) is 13.1 Å². The lowest BCUT2D eigenvalue weighted by Crippen LogP contribution is -2.17.